The minimum absolute atomic E-state index is 0.0754. The van der Waals surface area contributed by atoms with E-state index in [1.54, 1.807) is 6.08 Å². The van der Waals surface area contributed by atoms with E-state index >= 15 is 0 Å². The molecule has 2 aliphatic carbocycles. The molecule has 0 heterocycles. The van der Waals surface area contributed by atoms with Gasteiger partial charge in [0, 0.05) is 6.04 Å². The molecule has 0 radical (unpaired) electrons. The highest BCUT2D eigenvalue weighted by molar-refractivity contribution is 5.87. The van der Waals surface area contributed by atoms with Crippen LogP contribution in [-0.2, 0) is 4.79 Å². The van der Waals surface area contributed by atoms with Gasteiger partial charge in [-0.15, -0.1) is 0 Å². The van der Waals surface area contributed by atoms with Gasteiger partial charge in [-0.25, -0.2) is 0 Å². The van der Waals surface area contributed by atoms with Crippen LogP contribution in [0.2, 0.25) is 0 Å². The van der Waals surface area contributed by atoms with Crippen LogP contribution < -0.4 is 5.32 Å². The molecular formula is C12H17NO. The van der Waals surface area contributed by atoms with E-state index in [4.69, 9.17) is 0 Å². The quantitative estimate of drug-likeness (QED) is 0.537. The highest BCUT2D eigenvalue weighted by atomic mass is 16.1. The maximum absolute atomic E-state index is 11.3. The average Bonchev–Trinajstić information content (AvgIpc) is 3.00. The maximum atomic E-state index is 11.3. The first kappa shape index (κ1) is 9.50. The lowest BCUT2D eigenvalue weighted by molar-refractivity contribution is -0.116. The lowest BCUT2D eigenvalue weighted by Gasteiger charge is -2.11. The standard InChI is InChI=1S/C12H17NO/c14-12(13-11-7-8-11)9-6-10-4-2-1-3-5-10/h2,4,6,9-11H,1,3,5,7-8H2,(H,13,14)/b9-6+. The lowest BCUT2D eigenvalue weighted by atomic mass is 9.95. The fraction of sp³-hybridized carbons (Fsp3) is 0.583. The summed E-state index contributed by atoms with van der Waals surface area (Å²) in [6.45, 7) is 0. The zero-order valence-corrected chi connectivity index (χ0v) is 8.41. The maximum Gasteiger partial charge on any atom is 0.243 e. The van der Waals surface area contributed by atoms with Crippen molar-refractivity contribution in [2.45, 2.75) is 38.1 Å². The number of carbonyl (C=O) groups is 1. The summed E-state index contributed by atoms with van der Waals surface area (Å²) in [5.74, 6) is 0.556. The van der Waals surface area contributed by atoms with E-state index in [-0.39, 0.29) is 5.91 Å². The zero-order valence-electron chi connectivity index (χ0n) is 8.41. The van der Waals surface area contributed by atoms with Crippen LogP contribution >= 0.6 is 0 Å². The topological polar surface area (TPSA) is 29.1 Å². The number of hydrogen-bond donors (Lipinski definition) is 1. The van der Waals surface area contributed by atoms with Crippen molar-refractivity contribution in [3.63, 3.8) is 0 Å². The van der Waals surface area contributed by atoms with Crippen molar-refractivity contribution in [1.29, 1.82) is 0 Å². The van der Waals surface area contributed by atoms with Gasteiger partial charge in [-0.3, -0.25) is 4.79 Å². The monoisotopic (exact) mass is 191 g/mol. The molecule has 2 nitrogen and oxygen atoms in total. The second kappa shape index (κ2) is 4.45. The van der Waals surface area contributed by atoms with Crippen molar-refractivity contribution in [2.24, 2.45) is 5.92 Å². The number of carbonyl (C=O) groups excluding carboxylic acids is 1. The predicted molar refractivity (Wildman–Crippen MR) is 56.8 cm³/mol. The second-order valence-corrected chi connectivity index (χ2v) is 4.16. The molecule has 1 amide bonds. The molecule has 1 unspecified atom stereocenters. The summed E-state index contributed by atoms with van der Waals surface area (Å²) in [6, 6.07) is 0.467. The largest absolute Gasteiger partial charge is 0.350 e. The Balaban J connectivity index is 1.76. The minimum atomic E-state index is 0.0754. The van der Waals surface area contributed by atoms with Crippen LogP contribution in [0.4, 0.5) is 0 Å². The van der Waals surface area contributed by atoms with Gasteiger partial charge < -0.3 is 5.32 Å². The van der Waals surface area contributed by atoms with Crippen LogP contribution in [0, 0.1) is 5.92 Å². The van der Waals surface area contributed by atoms with Crippen LogP contribution in [0.1, 0.15) is 32.1 Å². The summed E-state index contributed by atoms with van der Waals surface area (Å²) in [6.07, 6.45) is 14.1. The van der Waals surface area contributed by atoms with Crippen LogP contribution in [0.25, 0.3) is 0 Å². The summed E-state index contributed by atoms with van der Waals surface area (Å²) >= 11 is 0. The van der Waals surface area contributed by atoms with Crippen molar-refractivity contribution >= 4 is 5.91 Å². The van der Waals surface area contributed by atoms with Crippen molar-refractivity contribution in [3.8, 4) is 0 Å². The van der Waals surface area contributed by atoms with Crippen LogP contribution in [0.15, 0.2) is 24.3 Å². The van der Waals surface area contributed by atoms with E-state index in [0.717, 1.165) is 12.8 Å². The second-order valence-electron chi connectivity index (χ2n) is 4.16. The van der Waals surface area contributed by atoms with E-state index in [1.807, 2.05) is 6.08 Å². The Bertz CT molecular complexity index is 263. The molecule has 1 saturated carbocycles. The highest BCUT2D eigenvalue weighted by Crippen LogP contribution is 2.19. The fourth-order valence-corrected chi connectivity index (χ4v) is 1.69. The van der Waals surface area contributed by atoms with Crippen LogP contribution in [-0.4, -0.2) is 11.9 Å². The molecule has 0 aromatic rings. The van der Waals surface area contributed by atoms with Gasteiger partial charge in [0.15, 0.2) is 0 Å². The van der Waals surface area contributed by atoms with Crippen molar-refractivity contribution in [3.05, 3.63) is 24.3 Å². The normalized spacial score (nSPS) is 26.7. The SMILES string of the molecule is O=C(/C=C/C1C=CCCC1)NC1CC1. The number of nitrogens with one attached hydrogen (secondary N) is 1. The lowest BCUT2D eigenvalue weighted by Crippen LogP contribution is -2.23. The zero-order chi connectivity index (χ0) is 9.80. The Morgan fingerprint density at radius 3 is 2.86 bits per heavy atom. The first-order valence-corrected chi connectivity index (χ1v) is 5.50. The molecule has 0 aromatic heterocycles. The summed E-state index contributed by atoms with van der Waals surface area (Å²) in [7, 11) is 0. The molecule has 2 rings (SSSR count). The molecule has 0 aliphatic heterocycles. The van der Waals surface area contributed by atoms with E-state index < -0.39 is 0 Å². The molecule has 76 valence electrons. The van der Waals surface area contributed by atoms with Gasteiger partial charge in [0.2, 0.25) is 5.91 Å². The molecule has 0 aromatic carbocycles. The van der Waals surface area contributed by atoms with Crippen LogP contribution in [0.5, 0.6) is 0 Å². The summed E-state index contributed by atoms with van der Waals surface area (Å²) < 4.78 is 0. The van der Waals surface area contributed by atoms with Gasteiger partial charge in [0.25, 0.3) is 0 Å². The average molecular weight is 191 g/mol. The molecule has 1 atom stereocenters. The Hall–Kier alpha value is -1.05. The van der Waals surface area contributed by atoms with Crippen molar-refractivity contribution in [2.75, 3.05) is 0 Å². The van der Waals surface area contributed by atoms with Crippen molar-refractivity contribution in [1.82, 2.24) is 5.32 Å². The van der Waals surface area contributed by atoms with Gasteiger partial charge in [-0.05, 0) is 44.1 Å². The van der Waals surface area contributed by atoms with Gasteiger partial charge in [-0.1, -0.05) is 18.2 Å². The van der Waals surface area contributed by atoms with E-state index in [9.17, 15) is 4.79 Å². The summed E-state index contributed by atoms with van der Waals surface area (Å²) in [4.78, 5) is 11.3. The van der Waals surface area contributed by atoms with E-state index in [1.165, 1.54) is 19.3 Å². The van der Waals surface area contributed by atoms with E-state index in [2.05, 4.69) is 17.5 Å². The molecular weight excluding hydrogens is 174 g/mol. The third-order valence-corrected chi connectivity index (χ3v) is 2.71. The summed E-state index contributed by atoms with van der Waals surface area (Å²) in [5.41, 5.74) is 0. The number of rotatable bonds is 3. The Morgan fingerprint density at radius 2 is 2.21 bits per heavy atom. The Labute approximate surface area is 85.1 Å². The Morgan fingerprint density at radius 1 is 1.36 bits per heavy atom. The Kier molecular flexibility index (Phi) is 3.02. The number of hydrogen-bond acceptors (Lipinski definition) is 1. The molecule has 1 fully saturated rings. The first-order valence-electron chi connectivity index (χ1n) is 5.50. The number of allylic oxidation sites excluding steroid dienone is 3. The third kappa shape index (κ3) is 3.02. The number of amides is 1. The van der Waals surface area contributed by atoms with E-state index in [0.29, 0.717) is 12.0 Å². The minimum Gasteiger partial charge on any atom is -0.350 e. The smallest absolute Gasteiger partial charge is 0.243 e. The van der Waals surface area contributed by atoms with Gasteiger partial charge in [0.05, 0.1) is 0 Å². The fourth-order valence-electron chi connectivity index (χ4n) is 1.69. The van der Waals surface area contributed by atoms with Gasteiger partial charge in [-0.2, -0.15) is 0 Å². The van der Waals surface area contributed by atoms with Gasteiger partial charge in [0.1, 0.15) is 0 Å². The van der Waals surface area contributed by atoms with Crippen molar-refractivity contribution < 1.29 is 4.79 Å². The molecule has 1 N–H and O–H groups in total. The molecule has 0 bridgehead atoms. The molecule has 0 saturated heterocycles. The molecule has 2 heteroatoms. The van der Waals surface area contributed by atoms with Crippen LogP contribution in [0.3, 0.4) is 0 Å². The molecule has 0 spiro atoms. The summed E-state index contributed by atoms with van der Waals surface area (Å²) in [5, 5.41) is 2.94. The highest BCUT2D eigenvalue weighted by Gasteiger charge is 2.22. The third-order valence-electron chi connectivity index (χ3n) is 2.71. The molecule has 2 aliphatic rings. The predicted octanol–water partition coefficient (Wildman–Crippen LogP) is 2.18. The van der Waals surface area contributed by atoms with Gasteiger partial charge >= 0.3 is 0 Å². The first-order chi connectivity index (χ1) is 6.84. The molecule has 14 heavy (non-hydrogen) atoms.